The van der Waals surface area contributed by atoms with E-state index in [0.29, 0.717) is 46.2 Å². The number of hydrogen-bond acceptors (Lipinski definition) is 4. The van der Waals surface area contributed by atoms with Crippen LogP contribution >= 0.6 is 15.9 Å². The number of rotatable bonds is 9. The first kappa shape index (κ1) is 22.6. The van der Waals surface area contributed by atoms with Crippen LogP contribution in [0.15, 0.2) is 39.9 Å². The molecule has 0 spiro atoms. The zero-order valence-electron chi connectivity index (χ0n) is 15.7. The van der Waals surface area contributed by atoms with E-state index in [1.807, 2.05) is 13.8 Å². The number of nitrogens with one attached hydrogen (secondary N) is 4. The smallest absolute Gasteiger partial charge is 0.124 e. The SMILES string of the molecule is C=C(OCC)c1cc(F)ccc1N/C(C/C(C=N)=C(\Br)NCC)=N\C(C)=N. The second-order valence-corrected chi connectivity index (χ2v) is 6.30. The molecular formula is C19H25BrFN5O. The van der Waals surface area contributed by atoms with Gasteiger partial charge in [-0.15, -0.1) is 0 Å². The van der Waals surface area contributed by atoms with Gasteiger partial charge in [-0.3, -0.25) is 5.41 Å². The maximum Gasteiger partial charge on any atom is 0.124 e. The number of amidine groups is 2. The van der Waals surface area contributed by atoms with Crippen molar-refractivity contribution in [2.45, 2.75) is 27.2 Å². The third-order valence-corrected chi connectivity index (χ3v) is 4.12. The van der Waals surface area contributed by atoms with Crippen LogP contribution in [0.4, 0.5) is 10.1 Å². The summed E-state index contributed by atoms with van der Waals surface area (Å²) in [5.74, 6) is 0.469. The van der Waals surface area contributed by atoms with E-state index in [9.17, 15) is 4.39 Å². The molecule has 0 bridgehead atoms. The summed E-state index contributed by atoms with van der Waals surface area (Å²) in [5.41, 5.74) is 1.67. The van der Waals surface area contributed by atoms with Gasteiger partial charge in [0, 0.05) is 30.3 Å². The van der Waals surface area contributed by atoms with Gasteiger partial charge >= 0.3 is 0 Å². The van der Waals surface area contributed by atoms with Crippen LogP contribution in [0.5, 0.6) is 0 Å². The number of halogens is 2. The first-order chi connectivity index (χ1) is 12.8. The normalized spacial score (nSPS) is 12.1. The summed E-state index contributed by atoms with van der Waals surface area (Å²) in [5, 5.41) is 21.6. The molecule has 0 unspecified atom stereocenters. The van der Waals surface area contributed by atoms with Crippen molar-refractivity contribution in [2.75, 3.05) is 18.5 Å². The molecule has 0 aliphatic carbocycles. The van der Waals surface area contributed by atoms with Crippen LogP contribution in [0.3, 0.4) is 0 Å². The summed E-state index contributed by atoms with van der Waals surface area (Å²) in [6.07, 6.45) is 1.49. The highest BCUT2D eigenvalue weighted by Crippen LogP contribution is 2.26. The molecule has 0 saturated carbocycles. The summed E-state index contributed by atoms with van der Waals surface area (Å²) in [6, 6.07) is 4.22. The minimum absolute atomic E-state index is 0.105. The predicted octanol–water partition coefficient (Wildman–Crippen LogP) is 4.90. The minimum atomic E-state index is -0.409. The molecule has 4 N–H and O–H groups in total. The number of nitrogens with zero attached hydrogens (tertiary/aromatic N) is 1. The van der Waals surface area contributed by atoms with Gasteiger partial charge in [0.25, 0.3) is 0 Å². The van der Waals surface area contributed by atoms with Crippen molar-refractivity contribution in [3.8, 4) is 0 Å². The summed E-state index contributed by atoms with van der Waals surface area (Å²) in [7, 11) is 0. The molecule has 0 radical (unpaired) electrons. The highest BCUT2D eigenvalue weighted by molar-refractivity contribution is 9.11. The lowest BCUT2D eigenvalue weighted by atomic mass is 10.1. The maximum absolute atomic E-state index is 13.7. The lowest BCUT2D eigenvalue weighted by Gasteiger charge is -2.17. The number of aliphatic imine (C=N–C) groups is 1. The zero-order chi connectivity index (χ0) is 20.4. The van der Waals surface area contributed by atoms with Gasteiger partial charge in [0.1, 0.15) is 23.2 Å². The van der Waals surface area contributed by atoms with Crippen LogP contribution in [0, 0.1) is 16.6 Å². The van der Waals surface area contributed by atoms with Gasteiger partial charge < -0.3 is 20.8 Å². The number of ether oxygens (including phenoxy) is 1. The number of hydrogen-bond donors (Lipinski definition) is 4. The van der Waals surface area contributed by atoms with Crippen LogP contribution in [0.2, 0.25) is 0 Å². The summed E-state index contributed by atoms with van der Waals surface area (Å²) < 4.78 is 19.8. The molecule has 1 aromatic carbocycles. The zero-order valence-corrected chi connectivity index (χ0v) is 17.3. The fourth-order valence-electron chi connectivity index (χ4n) is 2.22. The molecule has 6 nitrogen and oxygen atoms in total. The molecule has 1 aromatic rings. The third kappa shape index (κ3) is 7.34. The molecule has 0 aliphatic heterocycles. The second-order valence-electron chi connectivity index (χ2n) is 5.51. The average Bonchev–Trinajstić information content (AvgIpc) is 2.60. The average molecular weight is 438 g/mol. The first-order valence-corrected chi connectivity index (χ1v) is 9.25. The summed E-state index contributed by atoms with van der Waals surface area (Å²) in [4.78, 5) is 4.21. The van der Waals surface area contributed by atoms with Crippen LogP contribution in [0.25, 0.3) is 5.76 Å². The molecular weight excluding hydrogens is 413 g/mol. The lowest BCUT2D eigenvalue weighted by molar-refractivity contribution is 0.299. The Morgan fingerprint density at radius 1 is 1.41 bits per heavy atom. The quantitative estimate of drug-likeness (QED) is 0.191. The minimum Gasteiger partial charge on any atom is -0.494 e. The molecule has 0 aromatic heterocycles. The van der Waals surface area contributed by atoms with Crippen molar-refractivity contribution in [2.24, 2.45) is 4.99 Å². The molecule has 8 heteroatoms. The van der Waals surface area contributed by atoms with Gasteiger partial charge in [0.2, 0.25) is 0 Å². The topological polar surface area (TPSA) is 93.3 Å². The Hall–Kier alpha value is -2.48. The molecule has 0 fully saturated rings. The van der Waals surface area contributed by atoms with E-state index in [2.05, 4.69) is 38.1 Å². The van der Waals surface area contributed by atoms with Gasteiger partial charge in [-0.2, -0.15) is 0 Å². The van der Waals surface area contributed by atoms with Crippen molar-refractivity contribution in [3.63, 3.8) is 0 Å². The van der Waals surface area contributed by atoms with E-state index in [0.717, 1.165) is 0 Å². The van der Waals surface area contributed by atoms with Crippen LogP contribution in [-0.2, 0) is 4.74 Å². The van der Waals surface area contributed by atoms with Crippen LogP contribution in [-0.4, -0.2) is 31.0 Å². The Bertz CT molecular complexity index is 773. The van der Waals surface area contributed by atoms with Crippen molar-refractivity contribution < 1.29 is 9.13 Å². The Morgan fingerprint density at radius 3 is 2.67 bits per heavy atom. The Kier molecular flexibility index (Phi) is 9.42. The maximum atomic E-state index is 13.7. The van der Waals surface area contributed by atoms with E-state index in [4.69, 9.17) is 15.6 Å². The van der Waals surface area contributed by atoms with Crippen molar-refractivity contribution in [1.82, 2.24) is 5.32 Å². The van der Waals surface area contributed by atoms with E-state index in [1.54, 1.807) is 13.0 Å². The fraction of sp³-hybridized carbons (Fsp3) is 0.316. The third-order valence-electron chi connectivity index (χ3n) is 3.33. The molecule has 1 rings (SSSR count). The lowest BCUT2D eigenvalue weighted by Crippen LogP contribution is -2.19. The first-order valence-electron chi connectivity index (χ1n) is 8.46. The van der Waals surface area contributed by atoms with E-state index < -0.39 is 5.82 Å². The van der Waals surface area contributed by atoms with E-state index in [1.165, 1.54) is 18.3 Å². The van der Waals surface area contributed by atoms with Crippen molar-refractivity contribution >= 4 is 45.3 Å². The monoisotopic (exact) mass is 437 g/mol. The van der Waals surface area contributed by atoms with Gasteiger partial charge in [-0.05, 0) is 54.9 Å². The standard InChI is InChI=1S/C19H25BrFN5O/c1-5-24-19(20)14(11-22)9-18(25-13(4)23)26-17-8-7-15(21)10-16(17)12(3)27-6-2/h7-8,10-11,22,24H,3,5-6,9H2,1-2,4H3,(H2,23,25,26)/b19-14-,22-11?. The van der Waals surface area contributed by atoms with Gasteiger partial charge in [0.05, 0.1) is 16.9 Å². The highest BCUT2D eigenvalue weighted by Gasteiger charge is 2.13. The summed E-state index contributed by atoms with van der Waals surface area (Å²) >= 11 is 3.41. The molecule has 0 atom stereocenters. The van der Waals surface area contributed by atoms with Crippen molar-refractivity contribution in [1.29, 1.82) is 10.8 Å². The molecule has 0 aliphatic rings. The number of benzene rings is 1. The molecule has 0 amide bonds. The van der Waals surface area contributed by atoms with Gasteiger partial charge in [0.15, 0.2) is 0 Å². The summed E-state index contributed by atoms with van der Waals surface area (Å²) in [6.45, 7) is 10.3. The fourth-order valence-corrected chi connectivity index (χ4v) is 2.75. The Labute approximate surface area is 167 Å². The molecule has 146 valence electrons. The Morgan fingerprint density at radius 2 is 2.11 bits per heavy atom. The van der Waals surface area contributed by atoms with Crippen LogP contribution in [0.1, 0.15) is 32.8 Å². The number of anilines is 1. The second kappa shape index (κ2) is 11.3. The molecule has 27 heavy (non-hydrogen) atoms. The predicted molar refractivity (Wildman–Crippen MR) is 115 cm³/mol. The Balaban J connectivity index is 3.26. The van der Waals surface area contributed by atoms with Crippen molar-refractivity contribution in [3.05, 3.63) is 46.3 Å². The van der Waals surface area contributed by atoms with E-state index >= 15 is 0 Å². The van der Waals surface area contributed by atoms with Crippen LogP contribution < -0.4 is 10.6 Å². The molecule has 0 saturated heterocycles. The van der Waals surface area contributed by atoms with Gasteiger partial charge in [-0.1, -0.05) is 6.58 Å². The van der Waals surface area contributed by atoms with E-state index in [-0.39, 0.29) is 12.3 Å². The molecule has 0 heterocycles. The largest absolute Gasteiger partial charge is 0.494 e. The van der Waals surface area contributed by atoms with Gasteiger partial charge in [-0.25, -0.2) is 9.38 Å². The highest BCUT2D eigenvalue weighted by atomic mass is 79.9.